The average molecular weight is 1450 g/mol. The normalized spacial score (nSPS) is 20.9. The number of ether oxygens (including phenoxy) is 2. The average Bonchev–Trinajstić information content (AvgIpc) is 0.978. The Hall–Kier alpha value is -9.65. The molecule has 0 radical (unpaired) electrons. The van der Waals surface area contributed by atoms with Gasteiger partial charge >= 0.3 is 24.1 Å². The van der Waals surface area contributed by atoms with Gasteiger partial charge in [0.2, 0.25) is 17.7 Å². The summed E-state index contributed by atoms with van der Waals surface area (Å²) < 4.78 is 49.7. The van der Waals surface area contributed by atoms with Crippen LogP contribution in [0.4, 0.5) is 30.9 Å². The minimum Gasteiger partial charge on any atom is -0.476 e. The van der Waals surface area contributed by atoms with Gasteiger partial charge in [-0.05, 0) is 160 Å². The third-order valence-electron chi connectivity index (χ3n) is 20.2. The van der Waals surface area contributed by atoms with Gasteiger partial charge < -0.3 is 46.5 Å². The lowest BCUT2D eigenvalue weighted by molar-refractivity contribution is -0.248. The summed E-state index contributed by atoms with van der Waals surface area (Å²) in [7, 11) is -4.51. The Labute approximate surface area is 601 Å². The van der Waals surface area contributed by atoms with Gasteiger partial charge in [0, 0.05) is 91.6 Å². The minimum absolute atomic E-state index is 0.0256. The molecule has 2 aliphatic heterocycles. The number of rotatable bonds is 31. The number of fused-ring (bicyclic) bond motifs is 2. The van der Waals surface area contributed by atoms with Crippen LogP contribution in [0.15, 0.2) is 97.2 Å². The first kappa shape index (κ1) is 74.5. The zero-order chi connectivity index (χ0) is 73.6. The molecule has 9 N–H and O–H groups in total. The summed E-state index contributed by atoms with van der Waals surface area (Å²) in [4.78, 5) is 130. The molecule has 10 amide bonds. The van der Waals surface area contributed by atoms with Crippen molar-refractivity contribution < 1.29 is 70.7 Å². The lowest BCUT2D eigenvalue weighted by Gasteiger charge is -2.69. The fraction of sp³-hybridized carbons (Fsp3) is 0.479. The Morgan fingerprint density at radius 1 is 0.816 bits per heavy atom. The highest BCUT2D eigenvalue weighted by atomic mass is 32.2. The van der Waals surface area contributed by atoms with E-state index in [4.69, 9.17) is 25.3 Å². The highest BCUT2D eigenvalue weighted by Gasteiger charge is 2.66. The van der Waals surface area contributed by atoms with Gasteiger partial charge in [0.1, 0.15) is 18.7 Å². The van der Waals surface area contributed by atoms with Crippen molar-refractivity contribution in [2.45, 2.75) is 155 Å². The van der Waals surface area contributed by atoms with Crippen LogP contribution in [0, 0.1) is 29.1 Å². The monoisotopic (exact) mass is 1450 g/mol. The second-order valence-electron chi connectivity index (χ2n) is 29.2. The summed E-state index contributed by atoms with van der Waals surface area (Å²) in [6, 6.07) is 20.1. The molecule has 4 bridgehead atoms. The fourth-order valence-corrected chi connectivity index (χ4v) is 17.9. The number of aromatic carboxylic acids is 1. The van der Waals surface area contributed by atoms with Gasteiger partial charge in [-0.1, -0.05) is 81.9 Å². The van der Waals surface area contributed by atoms with Crippen molar-refractivity contribution >= 4 is 102 Å². The number of hydrogen-bond acceptors (Lipinski definition) is 17. The summed E-state index contributed by atoms with van der Waals surface area (Å²) in [5.41, 5.74) is 10.2. The molecule has 4 aliphatic carbocycles. The summed E-state index contributed by atoms with van der Waals surface area (Å²) in [6.45, 7) is 10.6. The van der Waals surface area contributed by atoms with E-state index in [-0.39, 0.29) is 97.8 Å². The highest BCUT2D eigenvalue weighted by molar-refractivity contribution is 7.85. The third kappa shape index (κ3) is 18.2. The molecule has 30 heteroatoms. The van der Waals surface area contributed by atoms with Gasteiger partial charge in [-0.3, -0.25) is 48.3 Å². The van der Waals surface area contributed by atoms with Crippen molar-refractivity contribution in [1.29, 1.82) is 0 Å². The fourth-order valence-electron chi connectivity index (χ4n) is 16.6. The predicted molar refractivity (Wildman–Crippen MR) is 385 cm³/mol. The number of nitrogens with zero attached hydrogens (tertiary/aromatic N) is 7. The zero-order valence-corrected chi connectivity index (χ0v) is 60.1. The number of urea groups is 2. The lowest BCUT2D eigenvalue weighted by Crippen LogP contribution is -2.64. The van der Waals surface area contributed by atoms with Crippen LogP contribution in [0.5, 0.6) is 0 Å². The standard InChI is InChI=1S/C73H89N13O15S2/c1-45(2)61(81-58(87)17-7-6-10-29-85-59(88)26-27-60(85)89)64(91)79-55(15-11-28-75-66(74)94)63(90)77-50-22-18-47(19-23-50)37-100-69(96)83(32-34-103(97,98)99)31-33-101-73-41-70(4)38-71(5,42-73)40-72(39-70,43-73)44-86-46(3)52(36-76-86)51-24-25-53(78-62(51)65(92)93)49-21-20-48-13-12-30-84(56(48)35-49)68(95)82-67-80-54-14-8-9-16-57(54)102-67/h8-9,14,16,18-27,35-36,45,55,61H,6-7,10-13,15,17,28-34,37-44H2,1-5H3,(H,77,90)(H,79,91)(H,81,87)(H,92,93)(H3,74,75,94)(H,80,82,95)(H,97,98,99)/t55-,61-,70?,71?,72?,73?/m0/s1. The quantitative estimate of drug-likeness (QED) is 0.0114. The molecule has 3 aromatic heterocycles. The number of amides is 10. The maximum absolute atomic E-state index is 13.9. The number of unbranched alkanes of at least 4 members (excludes halogenated alkanes) is 2. The molecule has 12 rings (SSSR count). The lowest BCUT2D eigenvalue weighted by atomic mass is 9.39. The van der Waals surface area contributed by atoms with E-state index in [0.29, 0.717) is 83.2 Å². The molecule has 28 nitrogen and oxygen atoms in total. The smallest absolute Gasteiger partial charge is 0.410 e. The first-order valence-electron chi connectivity index (χ1n) is 34.9. The van der Waals surface area contributed by atoms with Gasteiger partial charge in [-0.15, -0.1) is 0 Å². The highest BCUT2D eigenvalue weighted by Crippen LogP contribution is 2.72. The molecular weight excluding hydrogens is 1360 g/mol. The van der Waals surface area contributed by atoms with Crippen molar-refractivity contribution in [1.82, 2.24) is 45.5 Å². The Morgan fingerprint density at radius 3 is 2.25 bits per heavy atom. The molecule has 4 saturated carbocycles. The van der Waals surface area contributed by atoms with Crippen molar-refractivity contribution in [3.05, 3.63) is 120 Å². The third-order valence-corrected chi connectivity index (χ3v) is 21.8. The van der Waals surface area contributed by atoms with Gasteiger partial charge in [-0.2, -0.15) is 13.5 Å². The van der Waals surface area contributed by atoms with Crippen LogP contribution in [0.25, 0.3) is 32.6 Å². The first-order valence-corrected chi connectivity index (χ1v) is 37.3. The van der Waals surface area contributed by atoms with Crippen LogP contribution in [-0.4, -0.2) is 164 Å². The number of anilines is 3. The Balaban J connectivity index is 0.703. The number of primary amides is 1. The van der Waals surface area contributed by atoms with E-state index in [1.54, 1.807) is 61.3 Å². The summed E-state index contributed by atoms with van der Waals surface area (Å²) in [5.74, 6) is -4.72. The van der Waals surface area contributed by atoms with E-state index in [0.717, 1.165) is 71.3 Å². The number of carbonyl (C=O) groups excluding carboxylic acids is 8. The van der Waals surface area contributed by atoms with Crippen molar-refractivity contribution in [3.8, 4) is 22.4 Å². The Bertz CT molecular complexity index is 4330. The molecule has 4 fully saturated rings. The number of carboxylic acids is 1. The summed E-state index contributed by atoms with van der Waals surface area (Å²) in [6.07, 6.45) is 11.6. The molecule has 6 aromatic rings. The van der Waals surface area contributed by atoms with Crippen molar-refractivity contribution in [2.75, 3.05) is 60.6 Å². The number of pyridine rings is 1. The number of benzene rings is 3. The van der Waals surface area contributed by atoms with E-state index < -0.39 is 75.9 Å². The largest absolute Gasteiger partial charge is 0.476 e. The molecular formula is C73H89N13O15S2. The van der Waals surface area contributed by atoms with Crippen LogP contribution in [0.3, 0.4) is 0 Å². The number of carbonyl (C=O) groups is 9. The molecule has 103 heavy (non-hydrogen) atoms. The second-order valence-corrected chi connectivity index (χ2v) is 31.8. The molecule has 0 saturated heterocycles. The van der Waals surface area contributed by atoms with Gasteiger partial charge in [0.05, 0.1) is 40.1 Å². The number of thiazole rings is 1. The predicted octanol–water partition coefficient (Wildman–Crippen LogP) is 9.37. The van der Waals surface area contributed by atoms with Crippen molar-refractivity contribution in [3.63, 3.8) is 0 Å². The van der Waals surface area contributed by atoms with E-state index in [1.165, 1.54) is 28.4 Å². The van der Waals surface area contributed by atoms with Gasteiger partial charge in [0.25, 0.3) is 21.9 Å². The number of aromatic nitrogens is 4. The van der Waals surface area contributed by atoms with Crippen LogP contribution >= 0.6 is 11.3 Å². The molecule has 3 aromatic carbocycles. The number of carboxylic acid groups (broad SMARTS) is 1. The number of nitrogens with two attached hydrogens (primary N) is 1. The number of nitrogens with one attached hydrogen (secondary N) is 5. The summed E-state index contributed by atoms with van der Waals surface area (Å²) >= 11 is 1.40. The van der Waals surface area contributed by atoms with Crippen molar-refractivity contribution in [2.24, 2.45) is 27.9 Å². The van der Waals surface area contributed by atoms with Gasteiger partial charge in [-0.25, -0.2) is 29.1 Å². The molecule has 2 unspecified atom stereocenters. The SMILES string of the molecule is Cc1c(-c2ccc(-c3ccc4c(c3)N(C(=O)Nc3nc5ccccc5s3)CCC4)nc2C(=O)O)cnn1CC12CC3(C)CC(C)(C1)CC(OCCN(CCS(=O)(=O)O)C(=O)OCc1ccc(NC(=O)[C@H](CCCNC(N)=O)NC(=O)[C@@H](NC(=O)CCCCCN4C(=O)C=CC4=O)C(C)C)cc1)(C3)C2. The number of imide groups is 1. The Kier molecular flexibility index (Phi) is 22.5. The Morgan fingerprint density at radius 2 is 1.55 bits per heavy atom. The zero-order valence-electron chi connectivity index (χ0n) is 58.5. The van der Waals surface area contributed by atoms with Crippen LogP contribution in [0.1, 0.15) is 138 Å². The van der Waals surface area contributed by atoms with Crippen LogP contribution < -0.4 is 37.2 Å². The van der Waals surface area contributed by atoms with E-state index >= 15 is 0 Å². The van der Waals surface area contributed by atoms with E-state index in [1.807, 2.05) is 54.1 Å². The summed E-state index contributed by atoms with van der Waals surface area (Å²) in [5, 5.41) is 29.9. The van der Waals surface area contributed by atoms with Crippen LogP contribution in [0.2, 0.25) is 0 Å². The molecule has 0 spiro atoms. The topological polar surface area (TPSA) is 386 Å². The molecule has 6 aliphatic rings. The van der Waals surface area contributed by atoms with E-state index in [2.05, 4.69) is 45.4 Å². The van der Waals surface area contributed by atoms with E-state index in [9.17, 15) is 61.2 Å². The number of para-hydroxylation sites is 1. The van der Waals surface area contributed by atoms with Crippen LogP contribution in [-0.2, 0) is 63.1 Å². The molecule has 4 atom stereocenters. The number of aryl methyl sites for hydroxylation is 1. The molecule has 5 heterocycles. The van der Waals surface area contributed by atoms with Gasteiger partial charge in [0.15, 0.2) is 10.8 Å². The minimum atomic E-state index is -4.51. The first-order chi connectivity index (χ1) is 49.0. The maximum Gasteiger partial charge on any atom is 0.410 e. The second kappa shape index (κ2) is 31.1. The molecule has 548 valence electrons. The maximum atomic E-state index is 13.9. The number of hydrogen-bond donors (Lipinski definition) is 8.